The lowest BCUT2D eigenvalue weighted by atomic mass is 10.1. The number of para-hydroxylation sites is 2. The average Bonchev–Trinajstić information content (AvgIpc) is 2.94. The minimum Gasteiger partial charge on any atom is -0.487 e. The Kier molecular flexibility index (Phi) is 6.16. The molecule has 7 nitrogen and oxygen atoms in total. The minimum absolute atomic E-state index is 0.0736. The largest absolute Gasteiger partial charge is 0.487 e. The van der Waals surface area contributed by atoms with Gasteiger partial charge in [0, 0.05) is 0 Å². The van der Waals surface area contributed by atoms with Crippen molar-refractivity contribution in [3.63, 3.8) is 0 Å². The summed E-state index contributed by atoms with van der Waals surface area (Å²) in [5.74, 6) is 2.11. The Bertz CT molecular complexity index is 637. The van der Waals surface area contributed by atoms with Gasteiger partial charge in [-0.15, -0.1) is 0 Å². The molecule has 1 aromatic carbocycles. The van der Waals surface area contributed by atoms with E-state index in [-0.39, 0.29) is 18.8 Å². The topological polar surface area (TPSA) is 94.2 Å². The summed E-state index contributed by atoms with van der Waals surface area (Å²) in [6.45, 7) is 9.00. The number of quaternary nitrogens is 1. The monoisotopic (exact) mass is 336 g/mol. The highest BCUT2D eigenvalue weighted by atomic mass is 16.5. The molecule has 0 unspecified atom stereocenters. The highest BCUT2D eigenvalue weighted by molar-refractivity contribution is 5.39. The van der Waals surface area contributed by atoms with Crippen LogP contribution in [0.3, 0.4) is 0 Å². The minimum atomic E-state index is -0.559. The normalized spacial score (nSPS) is 12.9. The van der Waals surface area contributed by atoms with Gasteiger partial charge in [-0.2, -0.15) is 4.98 Å². The van der Waals surface area contributed by atoms with Gasteiger partial charge in [0.05, 0.1) is 5.54 Å². The zero-order chi connectivity index (χ0) is 17.6. The number of rotatable bonds is 8. The van der Waals surface area contributed by atoms with E-state index in [9.17, 15) is 5.11 Å². The van der Waals surface area contributed by atoms with Crippen LogP contribution in [0.25, 0.3) is 0 Å². The molecule has 0 aliphatic carbocycles. The summed E-state index contributed by atoms with van der Waals surface area (Å²) < 4.78 is 16.4. The number of hydrogen-bond acceptors (Lipinski definition) is 6. The van der Waals surface area contributed by atoms with E-state index in [0.29, 0.717) is 29.8 Å². The first kappa shape index (κ1) is 18.2. The third kappa shape index (κ3) is 6.17. The van der Waals surface area contributed by atoms with Crippen molar-refractivity contribution in [3.8, 4) is 11.5 Å². The van der Waals surface area contributed by atoms with E-state index >= 15 is 0 Å². The molecule has 2 rings (SSSR count). The lowest BCUT2D eigenvalue weighted by molar-refractivity contribution is -0.722. The fraction of sp³-hybridized carbons (Fsp3) is 0.529. The number of aromatic nitrogens is 2. The molecule has 0 aliphatic rings. The van der Waals surface area contributed by atoms with Gasteiger partial charge in [0.1, 0.15) is 19.3 Å². The van der Waals surface area contributed by atoms with Crippen LogP contribution in [0.15, 0.2) is 28.8 Å². The van der Waals surface area contributed by atoms with Crippen molar-refractivity contribution < 1.29 is 24.4 Å². The predicted molar refractivity (Wildman–Crippen MR) is 87.9 cm³/mol. The van der Waals surface area contributed by atoms with Crippen molar-refractivity contribution in [2.75, 3.05) is 13.2 Å². The molecule has 1 heterocycles. The van der Waals surface area contributed by atoms with Crippen molar-refractivity contribution in [2.45, 2.75) is 45.9 Å². The van der Waals surface area contributed by atoms with Gasteiger partial charge in [0.2, 0.25) is 0 Å². The summed E-state index contributed by atoms with van der Waals surface area (Å²) >= 11 is 0. The molecule has 2 aromatic rings. The van der Waals surface area contributed by atoms with Crippen molar-refractivity contribution >= 4 is 0 Å². The maximum Gasteiger partial charge on any atom is 0.264 e. The number of nitrogens with zero attached hydrogens (tertiary/aromatic N) is 2. The molecule has 0 radical (unpaired) electrons. The second-order valence-electron chi connectivity index (χ2n) is 6.74. The van der Waals surface area contributed by atoms with Crippen molar-refractivity contribution in [3.05, 3.63) is 36.0 Å². The summed E-state index contributed by atoms with van der Waals surface area (Å²) in [5.41, 5.74) is 0.0736. The predicted octanol–water partition coefficient (Wildman–Crippen LogP) is 1.06. The van der Waals surface area contributed by atoms with Crippen LogP contribution in [0.2, 0.25) is 0 Å². The first-order valence-corrected chi connectivity index (χ1v) is 8.00. The van der Waals surface area contributed by atoms with E-state index in [1.807, 2.05) is 12.1 Å². The SMILES string of the molecule is Cc1noc(COc2ccccc2OC[C@H](O)C[NH2+]C(C)(C)C)n1. The summed E-state index contributed by atoms with van der Waals surface area (Å²) in [4.78, 5) is 4.09. The van der Waals surface area contributed by atoms with E-state index in [0.717, 1.165) is 0 Å². The van der Waals surface area contributed by atoms with Crippen LogP contribution in [-0.2, 0) is 6.61 Å². The number of hydrogen-bond donors (Lipinski definition) is 2. The smallest absolute Gasteiger partial charge is 0.264 e. The molecular weight excluding hydrogens is 310 g/mol. The lowest BCUT2D eigenvalue weighted by Crippen LogP contribution is -2.96. The number of nitrogens with two attached hydrogens (primary N) is 1. The molecule has 7 heteroatoms. The molecule has 0 amide bonds. The Hall–Kier alpha value is -2.12. The molecule has 0 spiro atoms. The molecule has 0 saturated heterocycles. The van der Waals surface area contributed by atoms with Crippen LogP contribution >= 0.6 is 0 Å². The summed E-state index contributed by atoms with van der Waals surface area (Å²) in [6, 6.07) is 7.30. The maximum absolute atomic E-state index is 10.0. The molecule has 0 aliphatic heterocycles. The Labute approximate surface area is 142 Å². The number of aliphatic hydroxyl groups is 1. The molecular formula is C17H26N3O4+. The van der Waals surface area contributed by atoms with Gasteiger partial charge in [-0.1, -0.05) is 17.3 Å². The van der Waals surface area contributed by atoms with Crippen molar-refractivity contribution in [2.24, 2.45) is 0 Å². The molecule has 0 saturated carbocycles. The molecule has 3 N–H and O–H groups in total. The molecule has 1 atom stereocenters. The molecule has 132 valence electrons. The average molecular weight is 336 g/mol. The number of aryl methyl sites for hydroxylation is 1. The zero-order valence-electron chi connectivity index (χ0n) is 14.7. The second-order valence-corrected chi connectivity index (χ2v) is 6.74. The van der Waals surface area contributed by atoms with Gasteiger partial charge < -0.3 is 24.4 Å². The quantitative estimate of drug-likeness (QED) is 0.748. The van der Waals surface area contributed by atoms with Crippen LogP contribution in [-0.4, -0.2) is 40.0 Å². The third-order valence-corrected chi connectivity index (χ3v) is 3.20. The van der Waals surface area contributed by atoms with Crippen LogP contribution in [0.1, 0.15) is 32.5 Å². The fourth-order valence-electron chi connectivity index (χ4n) is 1.97. The van der Waals surface area contributed by atoms with Crippen LogP contribution in [0, 0.1) is 6.92 Å². The summed E-state index contributed by atoms with van der Waals surface area (Å²) in [7, 11) is 0. The summed E-state index contributed by atoms with van der Waals surface area (Å²) in [5, 5.41) is 15.8. The van der Waals surface area contributed by atoms with E-state index < -0.39 is 6.10 Å². The molecule has 24 heavy (non-hydrogen) atoms. The van der Waals surface area contributed by atoms with E-state index in [4.69, 9.17) is 14.0 Å². The van der Waals surface area contributed by atoms with Gasteiger partial charge in [0.25, 0.3) is 5.89 Å². The molecule has 0 bridgehead atoms. The van der Waals surface area contributed by atoms with Gasteiger partial charge in [0.15, 0.2) is 23.9 Å². The van der Waals surface area contributed by atoms with Crippen molar-refractivity contribution in [1.29, 1.82) is 0 Å². The van der Waals surface area contributed by atoms with Gasteiger partial charge >= 0.3 is 0 Å². The standard InChI is InChI=1S/C17H25N3O4/c1-12-19-16(24-20-12)11-23-15-8-6-5-7-14(15)22-10-13(21)9-18-17(2,3)4/h5-8,13,18,21H,9-11H2,1-4H3/p+1/t13-/m1/s1. The molecule has 0 fully saturated rings. The highest BCUT2D eigenvalue weighted by Crippen LogP contribution is 2.27. The van der Waals surface area contributed by atoms with Gasteiger partial charge in [-0.3, -0.25) is 0 Å². The van der Waals surface area contributed by atoms with E-state index in [2.05, 4.69) is 36.2 Å². The van der Waals surface area contributed by atoms with Crippen LogP contribution < -0.4 is 14.8 Å². The van der Waals surface area contributed by atoms with Gasteiger partial charge in [-0.05, 0) is 39.8 Å². The number of aliphatic hydroxyl groups excluding tert-OH is 1. The first-order valence-electron chi connectivity index (χ1n) is 8.00. The maximum atomic E-state index is 10.0. The van der Waals surface area contributed by atoms with Crippen LogP contribution in [0.5, 0.6) is 11.5 Å². The fourth-order valence-corrected chi connectivity index (χ4v) is 1.97. The van der Waals surface area contributed by atoms with E-state index in [1.54, 1.807) is 19.1 Å². The number of ether oxygens (including phenoxy) is 2. The zero-order valence-corrected chi connectivity index (χ0v) is 14.7. The Morgan fingerprint density at radius 2 is 1.88 bits per heavy atom. The Balaban J connectivity index is 1.86. The van der Waals surface area contributed by atoms with Crippen molar-refractivity contribution in [1.82, 2.24) is 10.1 Å². The Morgan fingerprint density at radius 1 is 1.21 bits per heavy atom. The Morgan fingerprint density at radius 3 is 2.46 bits per heavy atom. The third-order valence-electron chi connectivity index (χ3n) is 3.20. The van der Waals surface area contributed by atoms with Gasteiger partial charge in [-0.25, -0.2) is 0 Å². The van der Waals surface area contributed by atoms with Crippen LogP contribution in [0.4, 0.5) is 0 Å². The van der Waals surface area contributed by atoms with E-state index in [1.165, 1.54) is 0 Å². The highest BCUT2D eigenvalue weighted by Gasteiger charge is 2.17. The first-order chi connectivity index (χ1) is 11.3. The summed E-state index contributed by atoms with van der Waals surface area (Å²) in [6.07, 6.45) is -0.559. The lowest BCUT2D eigenvalue weighted by Gasteiger charge is -2.20. The second kappa shape index (κ2) is 8.12. The molecule has 1 aromatic heterocycles. The number of benzene rings is 1.